The van der Waals surface area contributed by atoms with Gasteiger partial charge in [0.2, 0.25) is 0 Å². The monoisotopic (exact) mass is 219 g/mol. The van der Waals surface area contributed by atoms with Gasteiger partial charge < -0.3 is 10.1 Å². The summed E-state index contributed by atoms with van der Waals surface area (Å²) in [7, 11) is 0. The molecule has 0 unspecified atom stereocenters. The molecule has 0 amide bonds. The third-order valence-electron chi connectivity index (χ3n) is 3.10. The van der Waals surface area contributed by atoms with Gasteiger partial charge in [0.15, 0.2) is 0 Å². The van der Waals surface area contributed by atoms with Gasteiger partial charge in [0, 0.05) is 6.54 Å². The number of benzene rings is 1. The maximum atomic E-state index is 5.69. The van der Waals surface area contributed by atoms with Gasteiger partial charge in [0.05, 0.1) is 5.69 Å². The van der Waals surface area contributed by atoms with Crippen LogP contribution in [0.2, 0.25) is 0 Å². The lowest BCUT2D eigenvalue weighted by molar-refractivity contribution is 0.322. The number of hydrogen-bond acceptors (Lipinski definition) is 2. The molecule has 1 aliphatic rings. The molecule has 2 rings (SSSR count). The van der Waals surface area contributed by atoms with Crippen LogP contribution in [0.4, 0.5) is 5.69 Å². The molecule has 2 heteroatoms. The average molecular weight is 219 g/mol. The van der Waals surface area contributed by atoms with E-state index < -0.39 is 0 Å². The van der Waals surface area contributed by atoms with Crippen LogP contribution in [0.1, 0.15) is 50.7 Å². The van der Waals surface area contributed by atoms with E-state index in [0.717, 1.165) is 18.9 Å². The van der Waals surface area contributed by atoms with Crippen molar-refractivity contribution in [1.82, 2.24) is 0 Å². The van der Waals surface area contributed by atoms with Crippen molar-refractivity contribution in [3.63, 3.8) is 0 Å². The number of ether oxygens (including phenoxy) is 1. The van der Waals surface area contributed by atoms with Crippen molar-refractivity contribution in [3.8, 4) is 5.75 Å². The third-order valence-corrected chi connectivity index (χ3v) is 3.10. The molecular weight excluding hydrogens is 198 g/mol. The van der Waals surface area contributed by atoms with Gasteiger partial charge in [-0.3, -0.25) is 0 Å². The second kappa shape index (κ2) is 4.36. The molecule has 0 spiro atoms. The molecule has 0 aliphatic carbocycles. The van der Waals surface area contributed by atoms with E-state index in [-0.39, 0.29) is 0 Å². The SMILES string of the molecule is CC(C)c1ccc2c(c1C(C)C)NCCO2. The largest absolute Gasteiger partial charge is 0.490 e. The Morgan fingerprint density at radius 1 is 1.12 bits per heavy atom. The second-order valence-electron chi connectivity index (χ2n) is 5.03. The van der Waals surface area contributed by atoms with Crippen LogP contribution in [0.3, 0.4) is 0 Å². The summed E-state index contributed by atoms with van der Waals surface area (Å²) in [6, 6.07) is 4.31. The number of hydrogen-bond donors (Lipinski definition) is 1. The maximum Gasteiger partial charge on any atom is 0.142 e. The first kappa shape index (κ1) is 11.3. The first-order valence-electron chi connectivity index (χ1n) is 6.14. The van der Waals surface area contributed by atoms with Crippen molar-refractivity contribution < 1.29 is 4.74 Å². The van der Waals surface area contributed by atoms with Gasteiger partial charge in [-0.1, -0.05) is 33.8 Å². The van der Waals surface area contributed by atoms with Gasteiger partial charge in [-0.05, 0) is 29.0 Å². The van der Waals surface area contributed by atoms with Gasteiger partial charge in [0.25, 0.3) is 0 Å². The first-order chi connectivity index (χ1) is 7.61. The molecule has 0 saturated carbocycles. The van der Waals surface area contributed by atoms with Gasteiger partial charge in [-0.25, -0.2) is 0 Å². The van der Waals surface area contributed by atoms with Gasteiger partial charge in [-0.15, -0.1) is 0 Å². The standard InChI is InChI=1S/C14H21NO/c1-9(2)11-5-6-12-14(13(11)10(3)4)15-7-8-16-12/h5-6,9-10,15H,7-8H2,1-4H3. The van der Waals surface area contributed by atoms with Crippen molar-refractivity contribution >= 4 is 5.69 Å². The molecule has 0 saturated heterocycles. The molecule has 1 heterocycles. The van der Waals surface area contributed by atoms with E-state index in [1.54, 1.807) is 0 Å². The topological polar surface area (TPSA) is 21.3 Å². The molecule has 88 valence electrons. The van der Waals surface area contributed by atoms with Crippen molar-refractivity contribution in [2.45, 2.75) is 39.5 Å². The molecule has 1 N–H and O–H groups in total. The Labute approximate surface area is 98.0 Å². The zero-order valence-electron chi connectivity index (χ0n) is 10.6. The minimum atomic E-state index is 0.529. The van der Waals surface area contributed by atoms with Crippen molar-refractivity contribution in [2.75, 3.05) is 18.5 Å². The van der Waals surface area contributed by atoms with Crippen LogP contribution in [0.5, 0.6) is 5.75 Å². The van der Waals surface area contributed by atoms with Gasteiger partial charge in [-0.2, -0.15) is 0 Å². The summed E-state index contributed by atoms with van der Waals surface area (Å²) >= 11 is 0. The normalized spacial score (nSPS) is 14.6. The van der Waals surface area contributed by atoms with E-state index in [1.165, 1.54) is 16.8 Å². The summed E-state index contributed by atoms with van der Waals surface area (Å²) < 4.78 is 5.69. The highest BCUT2D eigenvalue weighted by Gasteiger charge is 2.20. The summed E-state index contributed by atoms with van der Waals surface area (Å²) in [6.07, 6.45) is 0. The lowest BCUT2D eigenvalue weighted by Crippen LogP contribution is -2.20. The number of anilines is 1. The Bertz CT molecular complexity index is 383. The number of nitrogens with one attached hydrogen (secondary N) is 1. The fourth-order valence-corrected chi connectivity index (χ4v) is 2.38. The highest BCUT2D eigenvalue weighted by atomic mass is 16.5. The highest BCUT2D eigenvalue weighted by Crippen LogP contribution is 2.39. The quantitative estimate of drug-likeness (QED) is 0.818. The smallest absolute Gasteiger partial charge is 0.142 e. The Hall–Kier alpha value is -1.18. The zero-order valence-corrected chi connectivity index (χ0v) is 10.6. The van der Waals surface area contributed by atoms with E-state index in [4.69, 9.17) is 4.74 Å². The molecule has 0 radical (unpaired) electrons. The summed E-state index contributed by atoms with van der Waals surface area (Å²) in [5, 5.41) is 3.48. The van der Waals surface area contributed by atoms with Crippen molar-refractivity contribution in [1.29, 1.82) is 0 Å². The lowest BCUT2D eigenvalue weighted by atomic mass is 9.88. The Balaban J connectivity index is 2.57. The third kappa shape index (κ3) is 1.89. The number of rotatable bonds is 2. The molecule has 1 aromatic carbocycles. The van der Waals surface area contributed by atoms with E-state index in [2.05, 4.69) is 45.1 Å². The summed E-state index contributed by atoms with van der Waals surface area (Å²) in [5.74, 6) is 2.10. The molecule has 0 atom stereocenters. The predicted molar refractivity (Wildman–Crippen MR) is 68.6 cm³/mol. The fraction of sp³-hybridized carbons (Fsp3) is 0.571. The lowest BCUT2D eigenvalue weighted by Gasteiger charge is -2.27. The fourth-order valence-electron chi connectivity index (χ4n) is 2.38. The van der Waals surface area contributed by atoms with E-state index in [9.17, 15) is 0 Å². The second-order valence-corrected chi connectivity index (χ2v) is 5.03. The van der Waals surface area contributed by atoms with Crippen LogP contribution in [0.15, 0.2) is 12.1 Å². The Morgan fingerprint density at radius 3 is 2.50 bits per heavy atom. The Kier molecular flexibility index (Phi) is 3.08. The maximum absolute atomic E-state index is 5.69. The van der Waals surface area contributed by atoms with Crippen molar-refractivity contribution in [3.05, 3.63) is 23.3 Å². The minimum Gasteiger partial charge on any atom is -0.490 e. The van der Waals surface area contributed by atoms with Crippen LogP contribution < -0.4 is 10.1 Å². The van der Waals surface area contributed by atoms with Crippen LogP contribution in [-0.2, 0) is 0 Å². The van der Waals surface area contributed by atoms with Gasteiger partial charge >= 0.3 is 0 Å². The molecular formula is C14H21NO. The highest BCUT2D eigenvalue weighted by molar-refractivity contribution is 5.67. The average Bonchev–Trinajstić information content (AvgIpc) is 2.27. The van der Waals surface area contributed by atoms with E-state index in [0.29, 0.717) is 11.8 Å². The summed E-state index contributed by atoms with van der Waals surface area (Å²) in [4.78, 5) is 0. The van der Waals surface area contributed by atoms with Crippen LogP contribution in [0, 0.1) is 0 Å². The first-order valence-corrected chi connectivity index (χ1v) is 6.14. The Morgan fingerprint density at radius 2 is 1.88 bits per heavy atom. The van der Waals surface area contributed by atoms with Crippen LogP contribution in [-0.4, -0.2) is 13.2 Å². The van der Waals surface area contributed by atoms with Crippen LogP contribution >= 0.6 is 0 Å². The molecule has 1 aliphatic heterocycles. The van der Waals surface area contributed by atoms with Gasteiger partial charge in [0.1, 0.15) is 12.4 Å². The molecule has 16 heavy (non-hydrogen) atoms. The molecule has 0 fully saturated rings. The summed E-state index contributed by atoms with van der Waals surface area (Å²) in [6.45, 7) is 10.7. The summed E-state index contributed by atoms with van der Waals surface area (Å²) in [5.41, 5.74) is 4.08. The molecule has 2 nitrogen and oxygen atoms in total. The van der Waals surface area contributed by atoms with E-state index in [1.807, 2.05) is 0 Å². The van der Waals surface area contributed by atoms with Crippen molar-refractivity contribution in [2.24, 2.45) is 0 Å². The molecule has 0 bridgehead atoms. The molecule has 0 aromatic heterocycles. The predicted octanol–water partition coefficient (Wildman–Crippen LogP) is 3.74. The molecule has 1 aromatic rings. The number of fused-ring (bicyclic) bond motifs is 1. The van der Waals surface area contributed by atoms with E-state index >= 15 is 0 Å². The zero-order chi connectivity index (χ0) is 11.7. The minimum absolute atomic E-state index is 0.529. The van der Waals surface area contributed by atoms with Crippen LogP contribution in [0.25, 0.3) is 0 Å².